The molecule has 4 nitrogen and oxygen atoms in total. The van der Waals surface area contributed by atoms with Crippen molar-refractivity contribution in [3.8, 4) is 0 Å². The van der Waals surface area contributed by atoms with Gasteiger partial charge in [0.05, 0.1) is 25.3 Å². The number of anilines is 1. The van der Waals surface area contributed by atoms with Gasteiger partial charge in [0.25, 0.3) is 5.91 Å². The molecule has 0 atom stereocenters. The number of carbonyl (C=O) groups is 2. The van der Waals surface area contributed by atoms with Gasteiger partial charge in [-0.2, -0.15) is 0 Å². The van der Waals surface area contributed by atoms with Crippen molar-refractivity contribution in [2.45, 2.75) is 20.8 Å². The average molecular weight is 374 g/mol. The normalized spacial score (nSPS) is 11.2. The van der Waals surface area contributed by atoms with Gasteiger partial charge in [-0.3, -0.25) is 9.59 Å². The monoisotopic (exact) mass is 373 g/mol. The van der Waals surface area contributed by atoms with Gasteiger partial charge in [-0.05, 0) is 39.0 Å². The lowest BCUT2D eigenvalue weighted by Crippen LogP contribution is -2.52. The van der Waals surface area contributed by atoms with Crippen LogP contribution in [0.3, 0.4) is 0 Å². The Morgan fingerprint density at radius 3 is 2.15 bits per heavy atom. The molecule has 0 spiro atoms. The van der Waals surface area contributed by atoms with Gasteiger partial charge in [0.2, 0.25) is 0 Å². The highest BCUT2D eigenvalue weighted by Gasteiger charge is 2.25. The third-order valence-electron chi connectivity index (χ3n) is 5.03. The van der Waals surface area contributed by atoms with Crippen LogP contribution >= 0.6 is 11.6 Å². The van der Waals surface area contributed by atoms with Gasteiger partial charge < -0.3 is 9.80 Å². The number of nitrogens with one attached hydrogen (secondary N) is 1. The lowest BCUT2D eigenvalue weighted by Gasteiger charge is -2.35. The Kier molecular flexibility index (Phi) is 6.95. The van der Waals surface area contributed by atoms with Crippen LogP contribution in [0.4, 0.5) is 5.69 Å². The standard InChI is InChI=1S/C21H25ClN2O2/c1-4-24(5-2,6-3)15-20(25)23-19-13-12-17(22)14-18(19)21(26)16-10-8-7-9-11-16/h7-14H,4-6,15H2,1-3H3/p+1. The molecule has 0 heterocycles. The third kappa shape index (κ3) is 4.71. The van der Waals surface area contributed by atoms with Crippen LogP contribution in [0.2, 0.25) is 5.02 Å². The summed E-state index contributed by atoms with van der Waals surface area (Å²) in [5.41, 5.74) is 1.46. The predicted molar refractivity (Wildman–Crippen MR) is 107 cm³/mol. The van der Waals surface area contributed by atoms with Crippen molar-refractivity contribution in [1.29, 1.82) is 0 Å². The number of halogens is 1. The van der Waals surface area contributed by atoms with E-state index in [0.717, 1.165) is 19.6 Å². The van der Waals surface area contributed by atoms with E-state index in [1.165, 1.54) is 0 Å². The maximum atomic E-state index is 12.8. The second kappa shape index (κ2) is 8.97. The quantitative estimate of drug-likeness (QED) is 0.551. The molecule has 0 aliphatic heterocycles. The molecule has 26 heavy (non-hydrogen) atoms. The molecule has 2 rings (SSSR count). The second-order valence-electron chi connectivity index (χ2n) is 6.38. The fraction of sp³-hybridized carbons (Fsp3) is 0.333. The summed E-state index contributed by atoms with van der Waals surface area (Å²) in [5, 5.41) is 3.37. The molecule has 2 aromatic rings. The van der Waals surface area contributed by atoms with Gasteiger partial charge in [-0.25, -0.2) is 0 Å². The van der Waals surface area contributed by atoms with Crippen LogP contribution in [0, 0.1) is 0 Å². The highest BCUT2D eigenvalue weighted by molar-refractivity contribution is 6.31. The number of hydrogen-bond acceptors (Lipinski definition) is 2. The van der Waals surface area contributed by atoms with Crippen molar-refractivity contribution >= 4 is 29.0 Å². The summed E-state index contributed by atoms with van der Waals surface area (Å²) in [6.07, 6.45) is 0. The van der Waals surface area contributed by atoms with Crippen LogP contribution < -0.4 is 5.32 Å². The Morgan fingerprint density at radius 1 is 0.962 bits per heavy atom. The zero-order chi connectivity index (χ0) is 19.2. The van der Waals surface area contributed by atoms with E-state index in [2.05, 4.69) is 26.1 Å². The molecule has 0 saturated heterocycles. The SMILES string of the molecule is CC[N+](CC)(CC)CC(=O)Nc1ccc(Cl)cc1C(=O)c1ccccc1. The first-order valence-electron chi connectivity index (χ1n) is 8.99. The first kappa shape index (κ1) is 20.1. The van der Waals surface area contributed by atoms with Crippen molar-refractivity contribution in [2.75, 3.05) is 31.5 Å². The van der Waals surface area contributed by atoms with Crippen LogP contribution in [0.25, 0.3) is 0 Å². The van der Waals surface area contributed by atoms with Crippen molar-refractivity contribution in [1.82, 2.24) is 0 Å². The Balaban J connectivity index is 2.27. The summed E-state index contributed by atoms with van der Waals surface area (Å²) in [7, 11) is 0. The number of amides is 1. The van der Waals surface area contributed by atoms with E-state index in [4.69, 9.17) is 11.6 Å². The molecule has 0 fully saturated rings. The number of benzene rings is 2. The maximum absolute atomic E-state index is 12.8. The van der Waals surface area contributed by atoms with Gasteiger partial charge in [0, 0.05) is 16.1 Å². The molecule has 138 valence electrons. The van der Waals surface area contributed by atoms with Crippen molar-refractivity contribution in [2.24, 2.45) is 0 Å². The molecular formula is C21H26ClN2O2+. The highest BCUT2D eigenvalue weighted by Crippen LogP contribution is 2.24. The number of ketones is 1. The summed E-state index contributed by atoms with van der Waals surface area (Å²) in [5.74, 6) is -0.259. The minimum absolute atomic E-state index is 0.0972. The first-order valence-corrected chi connectivity index (χ1v) is 9.36. The van der Waals surface area contributed by atoms with Crippen LogP contribution in [-0.4, -0.2) is 42.4 Å². The third-order valence-corrected chi connectivity index (χ3v) is 5.26. The molecule has 0 unspecified atom stereocenters. The molecule has 0 saturated carbocycles. The molecule has 0 aliphatic carbocycles. The number of likely N-dealkylation sites (N-methyl/N-ethyl adjacent to an activating group) is 1. The Bertz CT molecular complexity index is 763. The summed E-state index contributed by atoms with van der Waals surface area (Å²) < 4.78 is 0.710. The first-order chi connectivity index (χ1) is 12.4. The van der Waals surface area contributed by atoms with Crippen molar-refractivity contribution in [3.63, 3.8) is 0 Å². The predicted octanol–water partition coefficient (Wildman–Crippen LogP) is 4.39. The zero-order valence-corrected chi connectivity index (χ0v) is 16.3. The molecular weight excluding hydrogens is 348 g/mol. The van der Waals surface area contributed by atoms with Crippen LogP contribution in [0.15, 0.2) is 48.5 Å². The number of rotatable bonds is 8. The summed E-state index contributed by atoms with van der Waals surface area (Å²) in [6, 6.07) is 14.0. The maximum Gasteiger partial charge on any atom is 0.279 e. The number of nitrogens with zero attached hydrogens (tertiary/aromatic N) is 1. The van der Waals surface area contributed by atoms with Gasteiger partial charge in [-0.1, -0.05) is 41.9 Å². The van der Waals surface area contributed by atoms with E-state index in [-0.39, 0.29) is 11.7 Å². The van der Waals surface area contributed by atoms with E-state index in [1.54, 1.807) is 30.3 Å². The van der Waals surface area contributed by atoms with E-state index in [9.17, 15) is 9.59 Å². The largest absolute Gasteiger partial charge is 0.320 e. The van der Waals surface area contributed by atoms with Gasteiger partial charge in [-0.15, -0.1) is 0 Å². The summed E-state index contributed by atoms with van der Waals surface area (Å²) in [6.45, 7) is 9.31. The highest BCUT2D eigenvalue weighted by atomic mass is 35.5. The van der Waals surface area contributed by atoms with E-state index in [0.29, 0.717) is 32.9 Å². The summed E-state index contributed by atoms with van der Waals surface area (Å²) in [4.78, 5) is 25.5. The van der Waals surface area contributed by atoms with Crippen LogP contribution in [0.5, 0.6) is 0 Å². The fourth-order valence-corrected chi connectivity index (χ4v) is 3.23. The van der Waals surface area contributed by atoms with Crippen LogP contribution in [-0.2, 0) is 4.79 Å². The molecule has 2 aromatic carbocycles. The molecule has 0 bridgehead atoms. The Hall–Kier alpha value is -2.17. The summed E-state index contributed by atoms with van der Waals surface area (Å²) >= 11 is 6.09. The van der Waals surface area contributed by atoms with Crippen molar-refractivity contribution < 1.29 is 14.1 Å². The number of carbonyl (C=O) groups excluding carboxylic acids is 2. The minimum Gasteiger partial charge on any atom is -0.320 e. The molecule has 0 aromatic heterocycles. The lowest BCUT2D eigenvalue weighted by molar-refractivity contribution is -0.915. The van der Waals surface area contributed by atoms with Gasteiger partial charge in [0.1, 0.15) is 0 Å². The molecule has 0 radical (unpaired) electrons. The average Bonchev–Trinajstić information content (AvgIpc) is 2.67. The second-order valence-corrected chi connectivity index (χ2v) is 6.82. The molecule has 1 amide bonds. The number of quaternary nitrogens is 1. The Morgan fingerprint density at radius 2 is 1.58 bits per heavy atom. The zero-order valence-electron chi connectivity index (χ0n) is 15.6. The van der Waals surface area contributed by atoms with E-state index >= 15 is 0 Å². The fourth-order valence-electron chi connectivity index (χ4n) is 3.06. The molecule has 5 heteroatoms. The number of hydrogen-bond donors (Lipinski definition) is 1. The van der Waals surface area contributed by atoms with Crippen LogP contribution in [0.1, 0.15) is 36.7 Å². The topological polar surface area (TPSA) is 46.2 Å². The molecule has 0 aliphatic rings. The minimum atomic E-state index is -0.161. The Labute approximate surface area is 160 Å². The van der Waals surface area contributed by atoms with E-state index in [1.807, 2.05) is 18.2 Å². The molecule has 1 N–H and O–H groups in total. The van der Waals surface area contributed by atoms with E-state index < -0.39 is 0 Å². The smallest absolute Gasteiger partial charge is 0.279 e. The van der Waals surface area contributed by atoms with Crippen molar-refractivity contribution in [3.05, 3.63) is 64.7 Å². The lowest BCUT2D eigenvalue weighted by atomic mass is 10.0. The van der Waals surface area contributed by atoms with Gasteiger partial charge >= 0.3 is 0 Å². The van der Waals surface area contributed by atoms with Gasteiger partial charge in [0.15, 0.2) is 12.3 Å².